The third-order valence-corrected chi connectivity index (χ3v) is 2.93. The predicted octanol–water partition coefficient (Wildman–Crippen LogP) is 2.42. The Bertz CT molecular complexity index is 731. The van der Waals surface area contributed by atoms with E-state index in [2.05, 4.69) is 15.3 Å². The molecule has 0 unspecified atom stereocenters. The number of furan rings is 1. The van der Waals surface area contributed by atoms with E-state index >= 15 is 0 Å². The first-order valence-electron chi connectivity index (χ1n) is 6.03. The largest absolute Gasteiger partial charge is 0.469 e. The Kier molecular flexibility index (Phi) is 3.04. The highest BCUT2D eigenvalue weighted by Crippen LogP contribution is 2.20. The molecule has 0 saturated carbocycles. The fourth-order valence-electron chi connectivity index (χ4n) is 1.92. The maximum Gasteiger partial charge on any atom is 0.259 e. The molecule has 3 aromatic heterocycles. The van der Waals surface area contributed by atoms with Crippen LogP contribution in [0.4, 0.5) is 5.69 Å². The average Bonchev–Trinajstić information content (AvgIpc) is 3.10. The van der Waals surface area contributed by atoms with Crippen LogP contribution in [0.3, 0.4) is 0 Å². The van der Waals surface area contributed by atoms with Gasteiger partial charge in [0.2, 0.25) is 0 Å². The normalized spacial score (nSPS) is 10.4. The van der Waals surface area contributed by atoms with Crippen LogP contribution in [0.2, 0.25) is 0 Å². The molecule has 3 aromatic rings. The van der Waals surface area contributed by atoms with E-state index in [-0.39, 0.29) is 5.91 Å². The Hall–Kier alpha value is -2.89. The summed E-state index contributed by atoms with van der Waals surface area (Å²) in [6.45, 7) is 1.74. The number of hydrogen-bond donors (Lipinski definition) is 1. The number of carbonyl (C=O) groups is 1. The third-order valence-electron chi connectivity index (χ3n) is 2.93. The Labute approximate surface area is 115 Å². The number of hydrogen-bond acceptors (Lipinski definition) is 4. The molecular formula is C14H12N4O2. The second kappa shape index (κ2) is 5.00. The molecule has 3 rings (SSSR count). The molecular weight excluding hydrogens is 256 g/mol. The highest BCUT2D eigenvalue weighted by atomic mass is 16.3. The van der Waals surface area contributed by atoms with Crippen molar-refractivity contribution in [2.24, 2.45) is 0 Å². The average molecular weight is 268 g/mol. The number of imidazole rings is 1. The van der Waals surface area contributed by atoms with Crippen LogP contribution >= 0.6 is 0 Å². The maximum atomic E-state index is 12.2. The quantitative estimate of drug-likeness (QED) is 0.791. The van der Waals surface area contributed by atoms with E-state index < -0.39 is 0 Å². The van der Waals surface area contributed by atoms with Crippen LogP contribution in [0.1, 0.15) is 16.1 Å². The molecule has 3 heterocycles. The molecule has 1 N–H and O–H groups in total. The topological polar surface area (TPSA) is 73.0 Å². The summed E-state index contributed by atoms with van der Waals surface area (Å²) in [7, 11) is 0. The first-order valence-corrected chi connectivity index (χ1v) is 6.03. The van der Waals surface area contributed by atoms with Crippen molar-refractivity contribution in [1.29, 1.82) is 0 Å². The highest BCUT2D eigenvalue weighted by Gasteiger charge is 2.14. The lowest BCUT2D eigenvalue weighted by Crippen LogP contribution is -2.14. The van der Waals surface area contributed by atoms with E-state index in [1.165, 1.54) is 6.26 Å². The van der Waals surface area contributed by atoms with E-state index in [1.807, 2.05) is 0 Å². The molecule has 1 amide bonds. The van der Waals surface area contributed by atoms with Crippen LogP contribution in [-0.4, -0.2) is 20.4 Å². The van der Waals surface area contributed by atoms with Crippen molar-refractivity contribution < 1.29 is 9.21 Å². The summed E-state index contributed by atoms with van der Waals surface area (Å²) in [4.78, 5) is 20.2. The van der Waals surface area contributed by atoms with Crippen LogP contribution in [0.25, 0.3) is 5.69 Å². The summed E-state index contributed by atoms with van der Waals surface area (Å²) in [5.41, 5.74) is 1.91. The Morgan fingerprint density at radius 3 is 2.90 bits per heavy atom. The molecule has 100 valence electrons. The Morgan fingerprint density at radius 2 is 2.20 bits per heavy atom. The van der Waals surface area contributed by atoms with Gasteiger partial charge in [-0.2, -0.15) is 0 Å². The van der Waals surface area contributed by atoms with Gasteiger partial charge in [0.05, 0.1) is 35.7 Å². The van der Waals surface area contributed by atoms with Crippen molar-refractivity contribution in [2.75, 3.05) is 5.32 Å². The molecule has 0 aliphatic rings. The summed E-state index contributed by atoms with van der Waals surface area (Å²) >= 11 is 0. The predicted molar refractivity (Wildman–Crippen MR) is 72.8 cm³/mol. The molecule has 0 radical (unpaired) electrons. The molecule has 0 aromatic carbocycles. The van der Waals surface area contributed by atoms with Crippen LogP contribution < -0.4 is 5.32 Å². The molecule has 0 bridgehead atoms. The summed E-state index contributed by atoms with van der Waals surface area (Å²) < 4.78 is 6.94. The van der Waals surface area contributed by atoms with Gasteiger partial charge in [0.1, 0.15) is 5.76 Å². The number of anilines is 1. The molecule has 20 heavy (non-hydrogen) atoms. The number of carbonyl (C=O) groups excluding carboxylic acids is 1. The molecule has 6 nitrogen and oxygen atoms in total. The monoisotopic (exact) mass is 268 g/mol. The van der Waals surface area contributed by atoms with E-state index in [1.54, 1.807) is 54.7 Å². The van der Waals surface area contributed by atoms with Gasteiger partial charge >= 0.3 is 0 Å². The minimum absolute atomic E-state index is 0.231. The number of nitrogens with zero attached hydrogens (tertiary/aromatic N) is 3. The fourth-order valence-corrected chi connectivity index (χ4v) is 1.92. The Morgan fingerprint density at radius 1 is 1.30 bits per heavy atom. The van der Waals surface area contributed by atoms with Crippen molar-refractivity contribution in [1.82, 2.24) is 14.5 Å². The zero-order valence-corrected chi connectivity index (χ0v) is 10.8. The SMILES string of the molecule is Cc1occc1C(=O)Nc1cnccc1-n1ccnc1. The smallest absolute Gasteiger partial charge is 0.259 e. The lowest BCUT2D eigenvalue weighted by atomic mass is 10.2. The molecule has 0 saturated heterocycles. The number of nitrogens with one attached hydrogen (secondary N) is 1. The number of pyridine rings is 1. The van der Waals surface area contributed by atoms with Gasteiger partial charge in [-0.1, -0.05) is 0 Å². The van der Waals surface area contributed by atoms with Gasteiger partial charge in [-0.25, -0.2) is 4.98 Å². The van der Waals surface area contributed by atoms with Crippen molar-refractivity contribution in [2.45, 2.75) is 6.92 Å². The van der Waals surface area contributed by atoms with Gasteiger partial charge in [-0.05, 0) is 19.1 Å². The second-order valence-electron chi connectivity index (χ2n) is 4.21. The van der Waals surface area contributed by atoms with Gasteiger partial charge in [0.15, 0.2) is 0 Å². The van der Waals surface area contributed by atoms with Crippen LogP contribution in [-0.2, 0) is 0 Å². The van der Waals surface area contributed by atoms with Gasteiger partial charge in [-0.15, -0.1) is 0 Å². The van der Waals surface area contributed by atoms with E-state index in [4.69, 9.17) is 4.42 Å². The van der Waals surface area contributed by atoms with Crippen LogP contribution in [0.15, 0.2) is 53.9 Å². The Balaban J connectivity index is 1.92. The van der Waals surface area contributed by atoms with Gasteiger partial charge in [0.25, 0.3) is 5.91 Å². The number of aryl methyl sites for hydroxylation is 1. The van der Waals surface area contributed by atoms with Crippen molar-refractivity contribution in [3.8, 4) is 5.69 Å². The zero-order valence-electron chi connectivity index (χ0n) is 10.8. The summed E-state index contributed by atoms with van der Waals surface area (Å²) in [5.74, 6) is 0.348. The minimum atomic E-state index is -0.231. The van der Waals surface area contributed by atoms with Crippen LogP contribution in [0.5, 0.6) is 0 Å². The zero-order chi connectivity index (χ0) is 13.9. The standard InChI is InChI=1S/C14H12N4O2/c1-10-11(3-7-20-10)14(19)17-12-8-15-4-2-13(12)18-6-5-16-9-18/h2-9H,1H3,(H,17,19). The fraction of sp³-hybridized carbons (Fsp3) is 0.0714. The summed E-state index contributed by atoms with van der Waals surface area (Å²) in [6, 6.07) is 3.44. The lowest BCUT2D eigenvalue weighted by Gasteiger charge is -2.10. The second-order valence-corrected chi connectivity index (χ2v) is 4.21. The van der Waals surface area contributed by atoms with Gasteiger partial charge < -0.3 is 14.3 Å². The number of rotatable bonds is 3. The molecule has 0 spiro atoms. The number of aromatic nitrogens is 3. The lowest BCUT2D eigenvalue weighted by molar-refractivity contribution is 0.102. The van der Waals surface area contributed by atoms with Crippen molar-refractivity contribution >= 4 is 11.6 Å². The molecule has 0 atom stereocenters. The van der Waals surface area contributed by atoms with Crippen molar-refractivity contribution in [3.05, 3.63) is 60.8 Å². The first-order chi connectivity index (χ1) is 9.75. The van der Waals surface area contributed by atoms with E-state index in [9.17, 15) is 4.79 Å². The van der Waals surface area contributed by atoms with Crippen molar-refractivity contribution in [3.63, 3.8) is 0 Å². The van der Waals surface area contributed by atoms with Gasteiger partial charge in [0, 0.05) is 18.6 Å². The summed E-state index contributed by atoms with van der Waals surface area (Å²) in [6.07, 6.45) is 9.88. The molecule has 0 aliphatic heterocycles. The number of amides is 1. The maximum absolute atomic E-state index is 12.2. The third kappa shape index (κ3) is 2.18. The van der Waals surface area contributed by atoms with E-state index in [0.717, 1.165) is 5.69 Å². The minimum Gasteiger partial charge on any atom is -0.469 e. The van der Waals surface area contributed by atoms with E-state index in [0.29, 0.717) is 17.0 Å². The molecule has 0 aliphatic carbocycles. The van der Waals surface area contributed by atoms with Gasteiger partial charge in [-0.3, -0.25) is 9.78 Å². The first kappa shape index (κ1) is 12.2. The highest BCUT2D eigenvalue weighted by molar-refractivity contribution is 6.05. The van der Waals surface area contributed by atoms with Crippen LogP contribution in [0, 0.1) is 6.92 Å². The molecule has 0 fully saturated rings. The summed E-state index contributed by atoms with van der Waals surface area (Å²) in [5, 5.41) is 2.83. The molecule has 6 heteroatoms.